The molecule has 0 aliphatic rings. The van der Waals surface area contributed by atoms with E-state index in [1.807, 2.05) is 0 Å². The molecule has 19 heavy (non-hydrogen) atoms. The maximum atomic E-state index is 11.6. The molecule has 1 heterocycles. The second-order valence-corrected chi connectivity index (χ2v) is 4.05. The Labute approximate surface area is 115 Å². The van der Waals surface area contributed by atoms with Crippen LogP contribution in [0, 0.1) is 0 Å². The number of hydrogen-bond acceptors (Lipinski definition) is 5. The van der Waals surface area contributed by atoms with Gasteiger partial charge in [0.2, 0.25) is 0 Å². The first-order valence-corrected chi connectivity index (χ1v) is 5.79. The zero-order chi connectivity index (χ0) is 14.0. The first kappa shape index (κ1) is 13.4. The Balaban J connectivity index is 2.73. The molecule has 0 fully saturated rings. The lowest BCUT2D eigenvalue weighted by Crippen LogP contribution is -2.04. The van der Waals surface area contributed by atoms with E-state index < -0.39 is 5.97 Å². The summed E-state index contributed by atoms with van der Waals surface area (Å²) in [6.45, 7) is 0. The molecule has 2 aromatic rings. The molecule has 0 unspecified atom stereocenters. The third-order valence-electron chi connectivity index (χ3n) is 2.69. The van der Waals surface area contributed by atoms with Gasteiger partial charge in [-0.3, -0.25) is 0 Å². The normalized spacial score (nSPS) is 10.3. The van der Waals surface area contributed by atoms with Crippen LogP contribution in [0.3, 0.4) is 0 Å². The molecule has 0 aliphatic carbocycles. The summed E-state index contributed by atoms with van der Waals surface area (Å²) < 4.78 is 15.1. The molecule has 0 saturated carbocycles. The van der Waals surface area contributed by atoms with Crippen LogP contribution in [0.1, 0.15) is 10.4 Å². The molecule has 0 bridgehead atoms. The minimum atomic E-state index is -0.533. The van der Waals surface area contributed by atoms with Gasteiger partial charge in [-0.2, -0.15) is 0 Å². The maximum absolute atomic E-state index is 11.6. The SMILES string of the molecule is COC(=O)c1cc2ccc(OC)c(OC)c2nc1Cl. The Kier molecular flexibility index (Phi) is 3.76. The van der Waals surface area contributed by atoms with Crippen LogP contribution >= 0.6 is 11.6 Å². The van der Waals surface area contributed by atoms with Gasteiger partial charge in [0.1, 0.15) is 10.7 Å². The molecule has 0 saturated heterocycles. The number of rotatable bonds is 3. The van der Waals surface area contributed by atoms with Crippen LogP contribution < -0.4 is 9.47 Å². The molecule has 0 amide bonds. The number of methoxy groups -OCH3 is 3. The highest BCUT2D eigenvalue weighted by Crippen LogP contribution is 2.35. The van der Waals surface area contributed by atoms with Crippen LogP contribution in [0.5, 0.6) is 11.5 Å². The van der Waals surface area contributed by atoms with Crippen molar-refractivity contribution in [1.82, 2.24) is 4.98 Å². The molecule has 0 spiro atoms. The van der Waals surface area contributed by atoms with Crippen molar-refractivity contribution in [3.05, 3.63) is 28.9 Å². The lowest BCUT2D eigenvalue weighted by molar-refractivity contribution is 0.0600. The van der Waals surface area contributed by atoms with Crippen molar-refractivity contribution < 1.29 is 19.0 Å². The number of carbonyl (C=O) groups is 1. The zero-order valence-corrected chi connectivity index (χ0v) is 11.4. The van der Waals surface area contributed by atoms with Crippen molar-refractivity contribution in [2.75, 3.05) is 21.3 Å². The lowest BCUT2D eigenvalue weighted by Gasteiger charge is -2.11. The number of halogens is 1. The van der Waals surface area contributed by atoms with Crippen LogP contribution in [0.4, 0.5) is 0 Å². The van der Waals surface area contributed by atoms with Gasteiger partial charge in [-0.1, -0.05) is 11.6 Å². The van der Waals surface area contributed by atoms with E-state index in [1.54, 1.807) is 18.2 Å². The number of benzene rings is 1. The van der Waals surface area contributed by atoms with E-state index in [9.17, 15) is 4.79 Å². The molecule has 1 aromatic carbocycles. The number of pyridine rings is 1. The van der Waals surface area contributed by atoms with Crippen molar-refractivity contribution in [3.8, 4) is 11.5 Å². The zero-order valence-electron chi connectivity index (χ0n) is 10.7. The molecular formula is C13H12ClNO4. The van der Waals surface area contributed by atoms with Gasteiger partial charge in [-0.15, -0.1) is 0 Å². The van der Waals surface area contributed by atoms with Crippen molar-refractivity contribution in [3.63, 3.8) is 0 Å². The Bertz CT molecular complexity index is 642. The number of esters is 1. The van der Waals surface area contributed by atoms with Gasteiger partial charge in [-0.05, 0) is 18.2 Å². The van der Waals surface area contributed by atoms with Gasteiger partial charge in [0.05, 0.1) is 26.9 Å². The predicted octanol–water partition coefficient (Wildman–Crippen LogP) is 2.69. The van der Waals surface area contributed by atoms with E-state index in [0.717, 1.165) is 0 Å². The summed E-state index contributed by atoms with van der Waals surface area (Å²) >= 11 is 5.99. The van der Waals surface area contributed by atoms with Crippen molar-refractivity contribution in [2.45, 2.75) is 0 Å². The average molecular weight is 282 g/mol. The second kappa shape index (κ2) is 5.32. The van der Waals surface area contributed by atoms with E-state index in [1.165, 1.54) is 21.3 Å². The summed E-state index contributed by atoms with van der Waals surface area (Å²) in [4.78, 5) is 15.7. The summed E-state index contributed by atoms with van der Waals surface area (Å²) in [6, 6.07) is 5.11. The molecule has 0 atom stereocenters. The summed E-state index contributed by atoms with van der Waals surface area (Å²) in [5.74, 6) is 0.483. The fraction of sp³-hybridized carbons (Fsp3) is 0.231. The van der Waals surface area contributed by atoms with Gasteiger partial charge in [0.25, 0.3) is 0 Å². The van der Waals surface area contributed by atoms with Gasteiger partial charge < -0.3 is 14.2 Å². The highest BCUT2D eigenvalue weighted by Gasteiger charge is 2.17. The fourth-order valence-electron chi connectivity index (χ4n) is 1.78. The largest absolute Gasteiger partial charge is 0.493 e. The third kappa shape index (κ3) is 2.29. The van der Waals surface area contributed by atoms with Crippen molar-refractivity contribution in [1.29, 1.82) is 0 Å². The Morgan fingerprint density at radius 1 is 1.21 bits per heavy atom. The number of nitrogens with zero attached hydrogens (tertiary/aromatic N) is 1. The smallest absolute Gasteiger partial charge is 0.341 e. The second-order valence-electron chi connectivity index (χ2n) is 3.69. The van der Waals surface area contributed by atoms with E-state index in [-0.39, 0.29) is 10.7 Å². The van der Waals surface area contributed by atoms with E-state index in [2.05, 4.69) is 9.72 Å². The summed E-state index contributed by atoms with van der Waals surface area (Å²) in [5, 5.41) is 0.772. The Hall–Kier alpha value is -2.01. The molecule has 0 N–H and O–H groups in total. The standard InChI is InChI=1S/C13H12ClNO4/c1-17-9-5-4-7-6-8(13(16)19-3)12(14)15-10(7)11(9)18-2/h4-6H,1-3H3. The summed E-state index contributed by atoms with van der Waals surface area (Å²) in [5.41, 5.74) is 0.739. The van der Waals surface area contributed by atoms with Crippen molar-refractivity contribution in [2.24, 2.45) is 0 Å². The minimum Gasteiger partial charge on any atom is -0.493 e. The number of carbonyl (C=O) groups excluding carboxylic acids is 1. The average Bonchev–Trinajstić information content (AvgIpc) is 2.44. The highest BCUT2D eigenvalue weighted by molar-refractivity contribution is 6.33. The van der Waals surface area contributed by atoms with Crippen LogP contribution in [0.2, 0.25) is 5.15 Å². The van der Waals surface area contributed by atoms with Gasteiger partial charge in [-0.25, -0.2) is 9.78 Å². The molecular weight excluding hydrogens is 270 g/mol. The molecule has 5 nitrogen and oxygen atoms in total. The molecule has 0 aliphatic heterocycles. The first-order chi connectivity index (χ1) is 9.12. The maximum Gasteiger partial charge on any atom is 0.341 e. The summed E-state index contributed by atoms with van der Waals surface area (Å²) in [6.07, 6.45) is 0. The molecule has 0 radical (unpaired) electrons. The van der Waals surface area contributed by atoms with E-state index in [0.29, 0.717) is 22.4 Å². The van der Waals surface area contributed by atoms with Gasteiger partial charge in [0, 0.05) is 5.39 Å². The van der Waals surface area contributed by atoms with Crippen LogP contribution in [-0.4, -0.2) is 32.3 Å². The first-order valence-electron chi connectivity index (χ1n) is 5.42. The third-order valence-corrected chi connectivity index (χ3v) is 2.98. The molecule has 1 aromatic heterocycles. The fourth-order valence-corrected chi connectivity index (χ4v) is 2.00. The van der Waals surface area contributed by atoms with Gasteiger partial charge in [0.15, 0.2) is 11.5 Å². The van der Waals surface area contributed by atoms with Crippen LogP contribution in [-0.2, 0) is 4.74 Å². The van der Waals surface area contributed by atoms with Crippen LogP contribution in [0.15, 0.2) is 18.2 Å². The molecule has 2 rings (SSSR count). The van der Waals surface area contributed by atoms with E-state index in [4.69, 9.17) is 21.1 Å². The lowest BCUT2D eigenvalue weighted by atomic mass is 10.1. The van der Waals surface area contributed by atoms with Crippen LogP contribution in [0.25, 0.3) is 10.9 Å². The number of ether oxygens (including phenoxy) is 3. The minimum absolute atomic E-state index is 0.0610. The monoisotopic (exact) mass is 281 g/mol. The van der Waals surface area contributed by atoms with Gasteiger partial charge >= 0.3 is 5.97 Å². The van der Waals surface area contributed by atoms with Crippen molar-refractivity contribution >= 4 is 28.5 Å². The molecule has 6 heteroatoms. The number of fused-ring (bicyclic) bond motifs is 1. The van der Waals surface area contributed by atoms with E-state index >= 15 is 0 Å². The predicted molar refractivity (Wildman–Crippen MR) is 71.2 cm³/mol. The topological polar surface area (TPSA) is 57.7 Å². The molecule has 100 valence electrons. The quantitative estimate of drug-likeness (QED) is 0.639. The number of hydrogen-bond donors (Lipinski definition) is 0. The Morgan fingerprint density at radius 2 is 1.95 bits per heavy atom. The highest BCUT2D eigenvalue weighted by atomic mass is 35.5. The summed E-state index contributed by atoms with van der Waals surface area (Å²) in [7, 11) is 4.34. The Morgan fingerprint density at radius 3 is 2.53 bits per heavy atom. The number of aromatic nitrogens is 1.